The Bertz CT molecular complexity index is 1050. The molecule has 1 aliphatic carbocycles. The summed E-state index contributed by atoms with van der Waals surface area (Å²) in [5, 5.41) is 4.73. The van der Waals surface area contributed by atoms with E-state index in [1.165, 1.54) is 4.88 Å². The van der Waals surface area contributed by atoms with Crippen LogP contribution in [0.1, 0.15) is 34.1 Å². The molecular formula is C24H23NO3S2. The van der Waals surface area contributed by atoms with Crippen molar-refractivity contribution in [3.05, 3.63) is 76.0 Å². The summed E-state index contributed by atoms with van der Waals surface area (Å²) in [6.07, 6.45) is 3.00. The zero-order chi connectivity index (χ0) is 20.9. The average Bonchev–Trinajstić information content (AvgIpc) is 3.17. The topological polar surface area (TPSA) is 55.4 Å². The molecule has 3 aromatic rings. The van der Waals surface area contributed by atoms with E-state index in [1.54, 1.807) is 23.1 Å². The van der Waals surface area contributed by atoms with E-state index in [0.29, 0.717) is 17.2 Å². The number of ether oxygens (including phenoxy) is 1. The molecule has 1 aliphatic rings. The number of esters is 1. The Morgan fingerprint density at radius 3 is 2.73 bits per heavy atom. The lowest BCUT2D eigenvalue weighted by atomic mass is 9.88. The summed E-state index contributed by atoms with van der Waals surface area (Å²) in [7, 11) is 0. The molecule has 6 heteroatoms. The molecule has 1 atom stereocenters. The predicted octanol–water partition coefficient (Wildman–Crippen LogP) is 5.82. The van der Waals surface area contributed by atoms with Crippen molar-refractivity contribution < 1.29 is 14.3 Å². The molecule has 4 nitrogen and oxygen atoms in total. The van der Waals surface area contributed by atoms with Gasteiger partial charge in [0.25, 0.3) is 5.91 Å². The molecule has 0 saturated heterocycles. The van der Waals surface area contributed by atoms with E-state index in [-0.39, 0.29) is 12.5 Å². The van der Waals surface area contributed by atoms with Gasteiger partial charge >= 0.3 is 5.97 Å². The summed E-state index contributed by atoms with van der Waals surface area (Å²) in [6, 6.07) is 17.6. The highest BCUT2D eigenvalue weighted by Gasteiger charge is 2.24. The van der Waals surface area contributed by atoms with Crippen molar-refractivity contribution in [3.63, 3.8) is 0 Å². The van der Waals surface area contributed by atoms with Crippen LogP contribution in [0.15, 0.2) is 69.8 Å². The van der Waals surface area contributed by atoms with E-state index in [1.807, 2.05) is 60.0 Å². The lowest BCUT2D eigenvalue weighted by Gasteiger charge is -2.18. The minimum Gasteiger partial charge on any atom is -0.452 e. The van der Waals surface area contributed by atoms with Gasteiger partial charge in [0, 0.05) is 20.0 Å². The maximum absolute atomic E-state index is 12.5. The first kappa shape index (κ1) is 20.7. The van der Waals surface area contributed by atoms with Gasteiger partial charge in [0.2, 0.25) is 0 Å². The third-order valence-electron chi connectivity index (χ3n) is 5.09. The monoisotopic (exact) mass is 437 g/mol. The third kappa shape index (κ3) is 4.94. The molecule has 0 fully saturated rings. The van der Waals surface area contributed by atoms with Gasteiger partial charge in [-0.2, -0.15) is 0 Å². The molecule has 2 aromatic carbocycles. The molecule has 1 heterocycles. The van der Waals surface area contributed by atoms with Crippen molar-refractivity contribution in [2.45, 2.75) is 36.0 Å². The fourth-order valence-corrected chi connectivity index (χ4v) is 5.67. The van der Waals surface area contributed by atoms with Crippen LogP contribution in [-0.2, 0) is 22.4 Å². The minimum absolute atomic E-state index is 0.301. The number of nitrogens with one attached hydrogen (secondary N) is 1. The highest BCUT2D eigenvalue weighted by atomic mass is 32.2. The van der Waals surface area contributed by atoms with Gasteiger partial charge < -0.3 is 10.1 Å². The summed E-state index contributed by atoms with van der Waals surface area (Å²) >= 11 is 3.19. The van der Waals surface area contributed by atoms with E-state index in [9.17, 15) is 9.59 Å². The number of amides is 1. The summed E-state index contributed by atoms with van der Waals surface area (Å²) in [6.45, 7) is 1.93. The van der Waals surface area contributed by atoms with Gasteiger partial charge in [0.05, 0.1) is 11.3 Å². The number of fused-ring (bicyclic) bond motifs is 1. The van der Waals surface area contributed by atoms with Gasteiger partial charge in [0.1, 0.15) is 0 Å². The SMILES string of the molecule is CC1CCc2c(C(=O)OCC(=O)Nc3ccccc3Sc3ccccc3)csc2C1. The number of thiophene rings is 1. The first-order valence-electron chi connectivity index (χ1n) is 9.98. The zero-order valence-electron chi connectivity index (χ0n) is 16.7. The van der Waals surface area contributed by atoms with Crippen molar-refractivity contribution in [2.75, 3.05) is 11.9 Å². The number of carbonyl (C=O) groups excluding carboxylic acids is 2. The molecule has 1 unspecified atom stereocenters. The number of para-hydroxylation sites is 1. The largest absolute Gasteiger partial charge is 0.452 e. The van der Waals surface area contributed by atoms with Crippen LogP contribution in [0.25, 0.3) is 0 Å². The average molecular weight is 438 g/mol. The van der Waals surface area contributed by atoms with Crippen molar-refractivity contribution >= 4 is 40.7 Å². The first-order chi connectivity index (χ1) is 14.6. The van der Waals surface area contributed by atoms with E-state index in [0.717, 1.165) is 34.6 Å². The Morgan fingerprint density at radius 1 is 1.13 bits per heavy atom. The normalized spacial score (nSPS) is 15.3. The third-order valence-corrected chi connectivity index (χ3v) is 7.22. The van der Waals surface area contributed by atoms with Crippen molar-refractivity contribution in [2.24, 2.45) is 5.92 Å². The number of hydrogen-bond acceptors (Lipinski definition) is 5. The molecule has 4 rings (SSSR count). The molecule has 154 valence electrons. The Balaban J connectivity index is 1.36. The summed E-state index contributed by atoms with van der Waals surface area (Å²) in [4.78, 5) is 28.2. The Morgan fingerprint density at radius 2 is 1.90 bits per heavy atom. The second-order valence-electron chi connectivity index (χ2n) is 7.43. The van der Waals surface area contributed by atoms with E-state index < -0.39 is 5.97 Å². The van der Waals surface area contributed by atoms with E-state index >= 15 is 0 Å². The second kappa shape index (κ2) is 9.49. The number of hydrogen-bond donors (Lipinski definition) is 1. The van der Waals surface area contributed by atoms with Gasteiger partial charge in [-0.05, 0) is 55.0 Å². The van der Waals surface area contributed by atoms with Gasteiger partial charge in [-0.25, -0.2) is 4.79 Å². The molecule has 0 saturated carbocycles. The van der Waals surface area contributed by atoms with Crippen molar-refractivity contribution in [3.8, 4) is 0 Å². The Hall–Kier alpha value is -2.57. The van der Waals surface area contributed by atoms with Crippen LogP contribution < -0.4 is 5.32 Å². The van der Waals surface area contributed by atoms with Gasteiger partial charge in [-0.15, -0.1) is 11.3 Å². The molecule has 30 heavy (non-hydrogen) atoms. The van der Waals surface area contributed by atoms with Gasteiger partial charge in [-0.1, -0.05) is 49.0 Å². The Labute approximate surface area is 184 Å². The summed E-state index contributed by atoms with van der Waals surface area (Å²) in [5.41, 5.74) is 2.43. The molecule has 0 aliphatic heterocycles. The smallest absolute Gasteiger partial charge is 0.339 e. The van der Waals surface area contributed by atoms with Crippen LogP contribution in [0.2, 0.25) is 0 Å². The lowest BCUT2D eigenvalue weighted by Crippen LogP contribution is -2.22. The maximum Gasteiger partial charge on any atom is 0.339 e. The van der Waals surface area contributed by atoms with Crippen molar-refractivity contribution in [1.82, 2.24) is 0 Å². The van der Waals surface area contributed by atoms with Crippen LogP contribution in [0.3, 0.4) is 0 Å². The molecule has 0 spiro atoms. The van der Waals surface area contributed by atoms with Gasteiger partial charge in [-0.3, -0.25) is 4.79 Å². The van der Waals surface area contributed by atoms with E-state index in [2.05, 4.69) is 12.2 Å². The van der Waals surface area contributed by atoms with Crippen molar-refractivity contribution in [1.29, 1.82) is 0 Å². The summed E-state index contributed by atoms with van der Waals surface area (Å²) < 4.78 is 5.32. The molecule has 0 radical (unpaired) electrons. The van der Waals surface area contributed by atoms with Crippen LogP contribution >= 0.6 is 23.1 Å². The molecule has 1 aromatic heterocycles. The number of carbonyl (C=O) groups is 2. The van der Waals surface area contributed by atoms with Gasteiger partial charge in [0.15, 0.2) is 6.61 Å². The molecule has 1 amide bonds. The zero-order valence-corrected chi connectivity index (χ0v) is 18.4. The standard InChI is InChI=1S/C24H23NO3S2/c1-16-11-12-18-19(15-29-22(18)13-16)24(27)28-14-23(26)25-20-9-5-6-10-21(20)30-17-7-3-2-4-8-17/h2-10,15-16H,11-14H2,1H3,(H,25,26). The maximum atomic E-state index is 12.5. The molecular weight excluding hydrogens is 414 g/mol. The van der Waals surface area contributed by atoms with Crippen LogP contribution in [0.4, 0.5) is 5.69 Å². The second-order valence-corrected chi connectivity index (χ2v) is 9.51. The van der Waals surface area contributed by atoms with E-state index in [4.69, 9.17) is 4.74 Å². The van der Waals surface area contributed by atoms with Crippen LogP contribution in [0.5, 0.6) is 0 Å². The highest BCUT2D eigenvalue weighted by molar-refractivity contribution is 7.99. The fraction of sp³-hybridized carbons (Fsp3) is 0.250. The molecule has 1 N–H and O–H groups in total. The number of rotatable bonds is 6. The molecule has 0 bridgehead atoms. The minimum atomic E-state index is -0.413. The summed E-state index contributed by atoms with van der Waals surface area (Å²) in [5.74, 6) is -0.106. The fourth-order valence-electron chi connectivity index (χ4n) is 3.52. The lowest BCUT2D eigenvalue weighted by molar-refractivity contribution is -0.119. The highest BCUT2D eigenvalue weighted by Crippen LogP contribution is 2.34. The first-order valence-corrected chi connectivity index (χ1v) is 11.7. The Kier molecular flexibility index (Phi) is 6.55. The number of benzene rings is 2. The van der Waals surface area contributed by atoms with Crippen LogP contribution in [0, 0.1) is 5.92 Å². The number of anilines is 1. The van der Waals surface area contributed by atoms with Crippen LogP contribution in [-0.4, -0.2) is 18.5 Å². The quantitative estimate of drug-likeness (QED) is 0.494. The predicted molar refractivity (Wildman–Crippen MR) is 121 cm³/mol.